The Labute approximate surface area is 127 Å². The molecule has 0 unspecified atom stereocenters. The second-order valence-corrected chi connectivity index (χ2v) is 5.63. The summed E-state index contributed by atoms with van der Waals surface area (Å²) in [7, 11) is 0. The van der Waals surface area contributed by atoms with Crippen LogP contribution in [-0.2, 0) is 6.42 Å². The van der Waals surface area contributed by atoms with Crippen molar-refractivity contribution in [1.82, 2.24) is 9.97 Å². The molecule has 0 spiro atoms. The second kappa shape index (κ2) is 6.70. The van der Waals surface area contributed by atoms with Gasteiger partial charge in [0.1, 0.15) is 5.82 Å². The minimum absolute atomic E-state index is 0.543. The SMILES string of the molecule is CCNc1nc(-c2ccc(C(C)C)cc2)nc(CC)c1C. The molecular weight excluding hydrogens is 258 g/mol. The quantitative estimate of drug-likeness (QED) is 0.873. The Hall–Kier alpha value is -1.90. The van der Waals surface area contributed by atoms with E-state index in [4.69, 9.17) is 9.97 Å². The normalized spacial score (nSPS) is 11.0. The van der Waals surface area contributed by atoms with E-state index in [-0.39, 0.29) is 0 Å². The molecule has 0 atom stereocenters. The van der Waals surface area contributed by atoms with E-state index in [0.717, 1.165) is 41.4 Å². The molecule has 0 saturated heterocycles. The maximum atomic E-state index is 4.73. The van der Waals surface area contributed by atoms with Crippen LogP contribution < -0.4 is 5.32 Å². The first kappa shape index (κ1) is 15.5. The Bertz CT molecular complexity index is 601. The number of rotatable bonds is 5. The van der Waals surface area contributed by atoms with Crippen molar-refractivity contribution in [2.45, 2.75) is 47.0 Å². The summed E-state index contributed by atoms with van der Waals surface area (Å²) in [5.74, 6) is 2.30. The fourth-order valence-electron chi connectivity index (χ4n) is 2.39. The molecule has 0 amide bonds. The van der Waals surface area contributed by atoms with Crippen LogP contribution in [0.25, 0.3) is 11.4 Å². The highest BCUT2D eigenvalue weighted by Gasteiger charge is 2.11. The highest BCUT2D eigenvalue weighted by Crippen LogP contribution is 2.24. The fourth-order valence-corrected chi connectivity index (χ4v) is 2.39. The molecule has 2 aromatic rings. The van der Waals surface area contributed by atoms with E-state index in [2.05, 4.69) is 64.2 Å². The van der Waals surface area contributed by atoms with Crippen LogP contribution in [0.3, 0.4) is 0 Å². The molecule has 1 aromatic carbocycles. The first-order valence-corrected chi connectivity index (χ1v) is 7.78. The van der Waals surface area contributed by atoms with Crippen LogP contribution in [0.2, 0.25) is 0 Å². The highest BCUT2D eigenvalue weighted by molar-refractivity contribution is 5.60. The van der Waals surface area contributed by atoms with Gasteiger partial charge in [-0.15, -0.1) is 0 Å². The predicted octanol–water partition coefficient (Wildman–Crippen LogP) is 4.57. The van der Waals surface area contributed by atoms with Gasteiger partial charge < -0.3 is 5.32 Å². The number of hydrogen-bond donors (Lipinski definition) is 1. The molecule has 1 N–H and O–H groups in total. The van der Waals surface area contributed by atoms with E-state index >= 15 is 0 Å². The first-order chi connectivity index (χ1) is 10.1. The summed E-state index contributed by atoms with van der Waals surface area (Å²) in [6, 6.07) is 8.58. The van der Waals surface area contributed by atoms with Gasteiger partial charge in [0.2, 0.25) is 0 Å². The number of nitrogens with one attached hydrogen (secondary N) is 1. The second-order valence-electron chi connectivity index (χ2n) is 5.63. The molecule has 0 aliphatic heterocycles. The molecule has 0 aliphatic rings. The molecule has 0 aliphatic carbocycles. The van der Waals surface area contributed by atoms with E-state index in [1.807, 2.05) is 0 Å². The molecule has 0 saturated carbocycles. The molecule has 21 heavy (non-hydrogen) atoms. The van der Waals surface area contributed by atoms with Crippen molar-refractivity contribution in [3.8, 4) is 11.4 Å². The van der Waals surface area contributed by atoms with Crippen molar-refractivity contribution in [3.63, 3.8) is 0 Å². The summed E-state index contributed by atoms with van der Waals surface area (Å²) in [6.07, 6.45) is 0.920. The van der Waals surface area contributed by atoms with Gasteiger partial charge in [0, 0.05) is 23.4 Å². The Kier molecular flexibility index (Phi) is 4.94. The lowest BCUT2D eigenvalue weighted by atomic mass is 10.0. The monoisotopic (exact) mass is 283 g/mol. The molecule has 0 fully saturated rings. The Morgan fingerprint density at radius 1 is 1.05 bits per heavy atom. The number of aryl methyl sites for hydroxylation is 1. The summed E-state index contributed by atoms with van der Waals surface area (Å²) in [4.78, 5) is 9.42. The summed E-state index contributed by atoms with van der Waals surface area (Å²) >= 11 is 0. The van der Waals surface area contributed by atoms with E-state index in [1.54, 1.807) is 0 Å². The van der Waals surface area contributed by atoms with Crippen LogP contribution in [0.5, 0.6) is 0 Å². The summed E-state index contributed by atoms with van der Waals surface area (Å²) < 4.78 is 0. The summed E-state index contributed by atoms with van der Waals surface area (Å²) in [5.41, 5.74) is 4.69. The lowest BCUT2D eigenvalue weighted by molar-refractivity contribution is 0.866. The molecule has 112 valence electrons. The van der Waals surface area contributed by atoms with Gasteiger partial charge in [0.05, 0.1) is 0 Å². The molecule has 3 nitrogen and oxygen atoms in total. The first-order valence-electron chi connectivity index (χ1n) is 7.78. The molecule has 0 radical (unpaired) electrons. The molecule has 0 bridgehead atoms. The van der Waals surface area contributed by atoms with Crippen LogP contribution in [-0.4, -0.2) is 16.5 Å². The Morgan fingerprint density at radius 2 is 1.71 bits per heavy atom. The standard InChI is InChI=1S/C18H25N3/c1-6-16-13(5)17(19-7-2)21-18(20-16)15-10-8-14(9-11-15)12(3)4/h8-12H,6-7H2,1-5H3,(H,19,20,21). The van der Waals surface area contributed by atoms with Gasteiger partial charge in [-0.05, 0) is 31.7 Å². The third kappa shape index (κ3) is 3.41. The number of hydrogen-bond acceptors (Lipinski definition) is 3. The fraction of sp³-hybridized carbons (Fsp3) is 0.444. The van der Waals surface area contributed by atoms with Crippen LogP contribution in [0.1, 0.15) is 50.4 Å². The van der Waals surface area contributed by atoms with Crippen molar-refractivity contribution >= 4 is 5.82 Å². The molecule has 2 rings (SSSR count). The molecule has 1 aromatic heterocycles. The van der Waals surface area contributed by atoms with Gasteiger partial charge in [-0.1, -0.05) is 45.0 Å². The zero-order valence-corrected chi connectivity index (χ0v) is 13.7. The van der Waals surface area contributed by atoms with E-state index in [9.17, 15) is 0 Å². The van der Waals surface area contributed by atoms with Crippen molar-refractivity contribution in [1.29, 1.82) is 0 Å². The number of nitrogens with zero attached hydrogens (tertiary/aromatic N) is 2. The van der Waals surface area contributed by atoms with Crippen molar-refractivity contribution in [2.75, 3.05) is 11.9 Å². The Morgan fingerprint density at radius 3 is 2.24 bits per heavy atom. The van der Waals surface area contributed by atoms with Crippen molar-refractivity contribution in [3.05, 3.63) is 41.1 Å². The van der Waals surface area contributed by atoms with Crippen LogP contribution >= 0.6 is 0 Å². The number of anilines is 1. The topological polar surface area (TPSA) is 37.8 Å². The van der Waals surface area contributed by atoms with Crippen LogP contribution in [0.15, 0.2) is 24.3 Å². The van der Waals surface area contributed by atoms with E-state index in [0.29, 0.717) is 5.92 Å². The Balaban J connectivity index is 2.45. The third-order valence-electron chi connectivity index (χ3n) is 3.76. The summed E-state index contributed by atoms with van der Waals surface area (Å²) in [5, 5.41) is 3.34. The van der Waals surface area contributed by atoms with E-state index < -0.39 is 0 Å². The van der Waals surface area contributed by atoms with Crippen LogP contribution in [0.4, 0.5) is 5.82 Å². The average molecular weight is 283 g/mol. The van der Waals surface area contributed by atoms with Crippen molar-refractivity contribution in [2.24, 2.45) is 0 Å². The number of benzene rings is 1. The number of aromatic nitrogens is 2. The third-order valence-corrected chi connectivity index (χ3v) is 3.76. The van der Waals surface area contributed by atoms with Gasteiger partial charge >= 0.3 is 0 Å². The molecule has 1 heterocycles. The average Bonchev–Trinajstić information content (AvgIpc) is 2.49. The van der Waals surface area contributed by atoms with Crippen LogP contribution in [0, 0.1) is 6.92 Å². The van der Waals surface area contributed by atoms with Gasteiger partial charge in [-0.25, -0.2) is 9.97 Å². The van der Waals surface area contributed by atoms with Gasteiger partial charge in [0.25, 0.3) is 0 Å². The largest absolute Gasteiger partial charge is 0.370 e. The van der Waals surface area contributed by atoms with E-state index in [1.165, 1.54) is 5.56 Å². The maximum absolute atomic E-state index is 4.73. The van der Waals surface area contributed by atoms with Crippen molar-refractivity contribution < 1.29 is 0 Å². The van der Waals surface area contributed by atoms with Gasteiger partial charge in [-0.2, -0.15) is 0 Å². The smallest absolute Gasteiger partial charge is 0.161 e. The summed E-state index contributed by atoms with van der Waals surface area (Å²) in [6.45, 7) is 11.6. The highest BCUT2D eigenvalue weighted by atomic mass is 15.0. The minimum atomic E-state index is 0.543. The zero-order valence-electron chi connectivity index (χ0n) is 13.7. The molecular formula is C18H25N3. The zero-order chi connectivity index (χ0) is 15.4. The van der Waals surface area contributed by atoms with Gasteiger partial charge in [0.15, 0.2) is 5.82 Å². The predicted molar refractivity (Wildman–Crippen MR) is 89.8 cm³/mol. The van der Waals surface area contributed by atoms with Gasteiger partial charge in [-0.3, -0.25) is 0 Å². The maximum Gasteiger partial charge on any atom is 0.161 e. The molecule has 3 heteroatoms. The lowest BCUT2D eigenvalue weighted by Crippen LogP contribution is -2.07. The minimum Gasteiger partial charge on any atom is -0.370 e. The lowest BCUT2D eigenvalue weighted by Gasteiger charge is -2.13.